The Morgan fingerprint density at radius 2 is 1.55 bits per heavy atom. The molecular weight excluding hydrogens is 148 g/mol. The van der Waals surface area contributed by atoms with Crippen molar-refractivity contribution < 1.29 is 20.1 Å². The van der Waals surface area contributed by atoms with Crippen molar-refractivity contribution in [3.63, 3.8) is 0 Å². The summed E-state index contributed by atoms with van der Waals surface area (Å²) in [5, 5.41) is 25.1. The molecule has 0 aliphatic heterocycles. The van der Waals surface area contributed by atoms with E-state index in [1.807, 2.05) is 13.8 Å². The van der Waals surface area contributed by atoms with Crippen molar-refractivity contribution in [3.8, 4) is 0 Å². The highest BCUT2D eigenvalue weighted by Crippen LogP contribution is 2.12. The highest BCUT2D eigenvalue weighted by atomic mass is 16.4. The normalized spacial score (nSPS) is 9.91. The van der Waals surface area contributed by atoms with Crippen LogP contribution >= 0.6 is 0 Å². The summed E-state index contributed by atoms with van der Waals surface area (Å²) in [6.45, 7) is 4.19. The van der Waals surface area contributed by atoms with Crippen molar-refractivity contribution in [2.75, 3.05) is 13.2 Å². The first-order valence-corrected chi connectivity index (χ1v) is 3.52. The summed E-state index contributed by atoms with van der Waals surface area (Å²) in [5.74, 6) is -1.19. The van der Waals surface area contributed by atoms with Crippen molar-refractivity contribution in [3.05, 3.63) is 0 Å². The van der Waals surface area contributed by atoms with E-state index in [2.05, 4.69) is 0 Å². The van der Waals surface area contributed by atoms with E-state index in [1.165, 1.54) is 6.92 Å². The van der Waals surface area contributed by atoms with E-state index >= 15 is 0 Å². The summed E-state index contributed by atoms with van der Waals surface area (Å²) < 4.78 is 0. The van der Waals surface area contributed by atoms with Gasteiger partial charge in [-0.2, -0.15) is 0 Å². The Morgan fingerprint density at radius 3 is 1.55 bits per heavy atom. The predicted octanol–water partition coefficient (Wildman–Crippen LogP) is 0.0881. The fourth-order valence-electron chi connectivity index (χ4n) is 0.185. The number of carboxylic acid groups (broad SMARTS) is 1. The van der Waals surface area contributed by atoms with Crippen LogP contribution in [0.4, 0.5) is 0 Å². The van der Waals surface area contributed by atoms with E-state index in [-0.39, 0.29) is 0 Å². The molecule has 4 nitrogen and oxygen atoms in total. The van der Waals surface area contributed by atoms with E-state index in [0.717, 1.165) is 0 Å². The lowest BCUT2D eigenvalue weighted by Crippen LogP contribution is -2.35. The number of hydrogen-bond donors (Lipinski definition) is 3. The lowest BCUT2D eigenvalue weighted by Gasteiger charge is -2.17. The molecule has 0 heterocycles. The lowest BCUT2D eigenvalue weighted by atomic mass is 9.94. The summed E-state index contributed by atoms with van der Waals surface area (Å²) in [6, 6.07) is 0. The third kappa shape index (κ3) is 3.95. The molecule has 0 aromatic heterocycles. The summed E-state index contributed by atoms with van der Waals surface area (Å²) in [5.41, 5.74) is -1.39. The van der Waals surface area contributed by atoms with Gasteiger partial charge in [-0.15, -0.1) is 0 Å². The van der Waals surface area contributed by atoms with Gasteiger partial charge in [0.25, 0.3) is 0 Å². The van der Waals surface area contributed by atoms with Crippen molar-refractivity contribution >= 4 is 5.97 Å². The molecule has 0 radical (unpaired) electrons. The quantitative estimate of drug-likeness (QED) is 0.552. The van der Waals surface area contributed by atoms with Crippen LogP contribution in [-0.4, -0.2) is 34.5 Å². The Kier molecular flexibility index (Phi) is 7.24. The van der Waals surface area contributed by atoms with Crippen LogP contribution in [0, 0.1) is 5.41 Å². The van der Waals surface area contributed by atoms with Gasteiger partial charge >= 0.3 is 5.97 Å². The highest BCUT2D eigenvalue weighted by Gasteiger charge is 2.31. The minimum absolute atomic E-state index is 0.543. The number of carboxylic acids is 1. The number of aliphatic hydroxyl groups excluding tert-OH is 2. The summed E-state index contributed by atoms with van der Waals surface area (Å²) >= 11 is 0. The fourth-order valence-corrected chi connectivity index (χ4v) is 0.185. The van der Waals surface area contributed by atoms with Gasteiger partial charge in [0.2, 0.25) is 0 Å². The molecule has 0 fully saturated rings. The molecule has 0 rings (SSSR count). The van der Waals surface area contributed by atoms with Crippen molar-refractivity contribution in [1.29, 1.82) is 0 Å². The average Bonchev–Trinajstić information content (AvgIpc) is 2.06. The van der Waals surface area contributed by atoms with Gasteiger partial charge in [-0.25, -0.2) is 0 Å². The molecule has 0 unspecified atom stereocenters. The third-order valence-electron chi connectivity index (χ3n) is 1.21. The second kappa shape index (κ2) is 6.12. The third-order valence-corrected chi connectivity index (χ3v) is 1.21. The first kappa shape index (κ1) is 13.0. The van der Waals surface area contributed by atoms with E-state index < -0.39 is 24.6 Å². The largest absolute Gasteiger partial charge is 0.481 e. The molecule has 0 saturated heterocycles. The van der Waals surface area contributed by atoms with Gasteiger partial charge in [0.1, 0.15) is 5.41 Å². The second-order valence-electron chi connectivity index (χ2n) is 2.18. The summed E-state index contributed by atoms with van der Waals surface area (Å²) in [4.78, 5) is 10.2. The predicted molar refractivity (Wildman–Crippen MR) is 41.3 cm³/mol. The molecule has 0 saturated carbocycles. The van der Waals surface area contributed by atoms with Gasteiger partial charge in [-0.05, 0) is 6.92 Å². The van der Waals surface area contributed by atoms with Crippen molar-refractivity contribution in [2.45, 2.75) is 20.8 Å². The smallest absolute Gasteiger partial charge is 0.314 e. The van der Waals surface area contributed by atoms with Gasteiger partial charge in [-0.1, -0.05) is 13.8 Å². The molecular formula is C7H16O4. The Morgan fingerprint density at radius 1 is 1.27 bits per heavy atom. The zero-order valence-electron chi connectivity index (χ0n) is 7.16. The maximum Gasteiger partial charge on any atom is 0.314 e. The lowest BCUT2D eigenvalue weighted by molar-refractivity contribution is -0.152. The van der Waals surface area contributed by atoms with Crippen LogP contribution in [0.2, 0.25) is 0 Å². The maximum absolute atomic E-state index is 10.2. The molecule has 0 bridgehead atoms. The number of rotatable bonds is 3. The van der Waals surface area contributed by atoms with Gasteiger partial charge < -0.3 is 15.3 Å². The molecule has 0 aromatic rings. The van der Waals surface area contributed by atoms with Gasteiger partial charge in [-0.3, -0.25) is 4.79 Å². The van der Waals surface area contributed by atoms with Gasteiger partial charge in [0, 0.05) is 0 Å². The Bertz CT molecular complexity index is 107. The average molecular weight is 164 g/mol. The minimum atomic E-state index is -1.39. The second-order valence-corrected chi connectivity index (χ2v) is 2.18. The Balaban J connectivity index is 0. The molecule has 11 heavy (non-hydrogen) atoms. The maximum atomic E-state index is 10.2. The first-order valence-electron chi connectivity index (χ1n) is 3.52. The molecule has 0 aliphatic rings. The fraction of sp³-hybridized carbons (Fsp3) is 0.857. The zero-order valence-corrected chi connectivity index (χ0v) is 7.16. The summed E-state index contributed by atoms with van der Waals surface area (Å²) in [7, 11) is 0. The molecule has 68 valence electrons. The zero-order chi connectivity index (χ0) is 9.49. The van der Waals surface area contributed by atoms with Crippen LogP contribution in [0.3, 0.4) is 0 Å². The van der Waals surface area contributed by atoms with Crippen molar-refractivity contribution in [2.24, 2.45) is 5.41 Å². The number of carbonyl (C=O) groups is 1. The molecule has 0 amide bonds. The van der Waals surface area contributed by atoms with Gasteiger partial charge in [0.15, 0.2) is 0 Å². The van der Waals surface area contributed by atoms with Crippen LogP contribution in [0.5, 0.6) is 0 Å². The van der Waals surface area contributed by atoms with E-state index in [9.17, 15) is 4.79 Å². The minimum Gasteiger partial charge on any atom is -0.481 e. The summed E-state index contributed by atoms with van der Waals surface area (Å²) in [6.07, 6.45) is 0. The van der Waals surface area contributed by atoms with E-state index in [4.69, 9.17) is 15.3 Å². The number of hydrogen-bond acceptors (Lipinski definition) is 3. The van der Waals surface area contributed by atoms with E-state index in [0.29, 0.717) is 0 Å². The molecule has 4 heteroatoms. The van der Waals surface area contributed by atoms with Crippen LogP contribution in [0.1, 0.15) is 20.8 Å². The molecule has 0 atom stereocenters. The molecule has 0 spiro atoms. The van der Waals surface area contributed by atoms with Crippen LogP contribution in [0.25, 0.3) is 0 Å². The number of aliphatic carboxylic acids is 1. The van der Waals surface area contributed by atoms with Crippen LogP contribution < -0.4 is 0 Å². The SMILES string of the molecule is CC.CC(CO)(CO)C(=O)O. The standard InChI is InChI=1S/C5H10O4.C2H6/c1-5(2-6,3-7)4(8)9;1-2/h6-7H,2-3H2,1H3,(H,8,9);1-2H3. The topological polar surface area (TPSA) is 77.8 Å². The molecule has 3 N–H and O–H groups in total. The van der Waals surface area contributed by atoms with Gasteiger partial charge in [0.05, 0.1) is 13.2 Å². The molecule has 0 aromatic carbocycles. The number of aliphatic hydroxyl groups is 2. The molecule has 0 aliphatic carbocycles. The monoisotopic (exact) mass is 164 g/mol. The Hall–Kier alpha value is -0.610. The Labute approximate surface area is 66.5 Å². The van der Waals surface area contributed by atoms with E-state index in [1.54, 1.807) is 0 Å². The van der Waals surface area contributed by atoms with Crippen molar-refractivity contribution in [1.82, 2.24) is 0 Å². The van der Waals surface area contributed by atoms with Crippen LogP contribution in [-0.2, 0) is 4.79 Å². The van der Waals surface area contributed by atoms with Crippen LogP contribution in [0.15, 0.2) is 0 Å². The first-order chi connectivity index (χ1) is 5.06. The highest BCUT2D eigenvalue weighted by molar-refractivity contribution is 5.74.